The van der Waals surface area contributed by atoms with Crippen molar-refractivity contribution in [2.75, 3.05) is 4.31 Å². The summed E-state index contributed by atoms with van der Waals surface area (Å²) in [6.07, 6.45) is 0. The number of Topliss-reactive ketones (excluding diaryl/α,β-unsaturated/α-hetero) is 1. The number of fused-ring (bicyclic) bond motifs is 1. The van der Waals surface area contributed by atoms with Gasteiger partial charge in [-0.05, 0) is 44.2 Å². The SMILES string of the molecule is CC(=O)c1c(C)oc2ccc(N(C(C)=O)S(=O)(=O)c3ccccc3)cc12. The summed E-state index contributed by atoms with van der Waals surface area (Å²) in [7, 11) is -4.08. The van der Waals surface area contributed by atoms with E-state index in [0.717, 1.165) is 4.31 Å². The highest BCUT2D eigenvalue weighted by Crippen LogP contribution is 2.32. The van der Waals surface area contributed by atoms with Crippen molar-refractivity contribution in [2.24, 2.45) is 0 Å². The minimum Gasteiger partial charge on any atom is -0.461 e. The van der Waals surface area contributed by atoms with Gasteiger partial charge in [-0.15, -0.1) is 0 Å². The molecule has 0 fully saturated rings. The quantitative estimate of drug-likeness (QED) is 0.653. The lowest BCUT2D eigenvalue weighted by atomic mass is 10.1. The van der Waals surface area contributed by atoms with E-state index in [1.165, 1.54) is 38.1 Å². The molecule has 6 nitrogen and oxygen atoms in total. The van der Waals surface area contributed by atoms with Crippen molar-refractivity contribution in [2.45, 2.75) is 25.7 Å². The third-order valence-corrected chi connectivity index (χ3v) is 5.82. The van der Waals surface area contributed by atoms with E-state index in [1.807, 2.05) is 0 Å². The first-order valence-electron chi connectivity index (χ1n) is 7.88. The number of carbonyl (C=O) groups excluding carboxylic acids is 2. The van der Waals surface area contributed by atoms with Crippen molar-refractivity contribution in [3.63, 3.8) is 0 Å². The van der Waals surface area contributed by atoms with Crippen LogP contribution in [0.1, 0.15) is 30.0 Å². The number of furan rings is 1. The molecule has 0 spiro atoms. The Morgan fingerprint density at radius 3 is 2.23 bits per heavy atom. The van der Waals surface area contributed by atoms with E-state index >= 15 is 0 Å². The molecule has 134 valence electrons. The number of aryl methyl sites for hydroxylation is 1. The van der Waals surface area contributed by atoms with Crippen LogP contribution in [0.4, 0.5) is 5.69 Å². The van der Waals surface area contributed by atoms with E-state index < -0.39 is 15.9 Å². The highest BCUT2D eigenvalue weighted by molar-refractivity contribution is 7.93. The lowest BCUT2D eigenvalue weighted by molar-refractivity contribution is -0.115. The van der Waals surface area contributed by atoms with E-state index in [1.54, 1.807) is 31.2 Å². The number of carbonyl (C=O) groups is 2. The maximum absolute atomic E-state index is 12.9. The molecule has 0 radical (unpaired) electrons. The van der Waals surface area contributed by atoms with Gasteiger partial charge in [0, 0.05) is 12.3 Å². The highest BCUT2D eigenvalue weighted by Gasteiger charge is 2.29. The van der Waals surface area contributed by atoms with E-state index in [2.05, 4.69) is 0 Å². The smallest absolute Gasteiger partial charge is 0.270 e. The molecule has 3 aromatic rings. The molecule has 1 aromatic heterocycles. The Morgan fingerprint density at radius 1 is 1.00 bits per heavy atom. The van der Waals surface area contributed by atoms with Crippen molar-refractivity contribution < 1.29 is 22.4 Å². The molecule has 1 amide bonds. The number of hydrogen-bond donors (Lipinski definition) is 0. The molecule has 0 unspecified atom stereocenters. The molecule has 0 aliphatic carbocycles. The molecule has 2 aromatic carbocycles. The van der Waals surface area contributed by atoms with Gasteiger partial charge < -0.3 is 4.42 Å². The summed E-state index contributed by atoms with van der Waals surface area (Å²) in [6.45, 7) is 4.25. The normalized spacial score (nSPS) is 11.5. The van der Waals surface area contributed by atoms with Gasteiger partial charge in [-0.1, -0.05) is 18.2 Å². The van der Waals surface area contributed by atoms with Crippen LogP contribution in [0.3, 0.4) is 0 Å². The Morgan fingerprint density at radius 2 is 1.65 bits per heavy atom. The van der Waals surface area contributed by atoms with E-state index in [9.17, 15) is 18.0 Å². The van der Waals surface area contributed by atoms with Gasteiger partial charge in [0.25, 0.3) is 10.0 Å². The average Bonchev–Trinajstić information content (AvgIpc) is 2.90. The molecule has 0 atom stereocenters. The zero-order valence-electron chi connectivity index (χ0n) is 14.5. The first kappa shape index (κ1) is 17.9. The number of rotatable bonds is 4. The number of hydrogen-bond acceptors (Lipinski definition) is 5. The Labute approximate surface area is 151 Å². The van der Waals surface area contributed by atoms with Crippen LogP contribution in [-0.2, 0) is 14.8 Å². The van der Waals surface area contributed by atoms with Crippen molar-refractivity contribution in [1.29, 1.82) is 0 Å². The molecule has 26 heavy (non-hydrogen) atoms. The van der Waals surface area contributed by atoms with Gasteiger partial charge in [0.1, 0.15) is 11.3 Å². The molecule has 0 N–H and O–H groups in total. The Kier molecular flexibility index (Phi) is 4.41. The molecule has 3 rings (SSSR count). The van der Waals surface area contributed by atoms with Gasteiger partial charge in [0.2, 0.25) is 5.91 Å². The zero-order valence-corrected chi connectivity index (χ0v) is 15.3. The van der Waals surface area contributed by atoms with Gasteiger partial charge in [-0.2, -0.15) is 0 Å². The Bertz CT molecular complexity index is 1110. The van der Waals surface area contributed by atoms with Crippen LogP contribution in [0.2, 0.25) is 0 Å². The number of nitrogens with zero attached hydrogens (tertiary/aromatic N) is 1. The fraction of sp³-hybridized carbons (Fsp3) is 0.158. The summed E-state index contributed by atoms with van der Waals surface area (Å²) >= 11 is 0. The molecule has 7 heteroatoms. The topological polar surface area (TPSA) is 84.7 Å². The molecule has 0 aliphatic heterocycles. The Balaban J connectivity index is 2.23. The fourth-order valence-corrected chi connectivity index (χ4v) is 4.40. The minimum absolute atomic E-state index is 0.00506. The van der Waals surface area contributed by atoms with Gasteiger partial charge in [-0.3, -0.25) is 9.59 Å². The second kappa shape index (κ2) is 6.42. The summed E-state index contributed by atoms with van der Waals surface area (Å²) in [4.78, 5) is 24.1. The minimum atomic E-state index is -4.08. The number of benzene rings is 2. The predicted molar refractivity (Wildman–Crippen MR) is 97.7 cm³/mol. The van der Waals surface area contributed by atoms with Crippen LogP contribution in [0, 0.1) is 6.92 Å². The van der Waals surface area contributed by atoms with Crippen molar-refractivity contribution in [3.05, 3.63) is 59.9 Å². The predicted octanol–water partition coefficient (Wildman–Crippen LogP) is 3.69. The molecule has 0 saturated heterocycles. The lowest BCUT2D eigenvalue weighted by Crippen LogP contribution is -2.35. The second-order valence-electron chi connectivity index (χ2n) is 5.87. The molecular weight excluding hydrogens is 354 g/mol. The first-order valence-corrected chi connectivity index (χ1v) is 9.32. The van der Waals surface area contributed by atoms with Gasteiger partial charge in [-0.25, -0.2) is 12.7 Å². The summed E-state index contributed by atoms with van der Waals surface area (Å²) in [5.41, 5.74) is 0.983. The number of ketones is 1. The van der Waals surface area contributed by atoms with Crippen LogP contribution < -0.4 is 4.31 Å². The molecular formula is C19H17NO5S. The van der Waals surface area contributed by atoms with Crippen LogP contribution in [0.15, 0.2) is 57.8 Å². The van der Waals surface area contributed by atoms with Gasteiger partial charge in [0.15, 0.2) is 5.78 Å². The van der Waals surface area contributed by atoms with Crippen LogP contribution >= 0.6 is 0 Å². The summed E-state index contributed by atoms with van der Waals surface area (Å²) in [6, 6.07) is 12.2. The first-order chi connectivity index (χ1) is 12.2. The van der Waals surface area contributed by atoms with Crippen molar-refractivity contribution in [3.8, 4) is 0 Å². The van der Waals surface area contributed by atoms with E-state index in [4.69, 9.17) is 4.42 Å². The largest absolute Gasteiger partial charge is 0.461 e. The zero-order chi connectivity index (χ0) is 19.1. The molecule has 0 aliphatic rings. The van der Waals surface area contributed by atoms with E-state index in [0.29, 0.717) is 22.3 Å². The standard InChI is InChI=1S/C19H17NO5S/c1-12(21)19-13(2)25-18-10-9-15(11-17(18)19)20(14(3)22)26(23,24)16-7-5-4-6-8-16/h4-11H,1-3H3. The summed E-state index contributed by atoms with van der Waals surface area (Å²) in [5, 5.41) is 0.474. The summed E-state index contributed by atoms with van der Waals surface area (Å²) < 4.78 is 32.2. The van der Waals surface area contributed by atoms with Crippen molar-refractivity contribution >= 4 is 38.4 Å². The maximum Gasteiger partial charge on any atom is 0.270 e. The van der Waals surface area contributed by atoms with Crippen LogP contribution in [-0.4, -0.2) is 20.1 Å². The molecule has 1 heterocycles. The van der Waals surface area contributed by atoms with Crippen LogP contribution in [0.25, 0.3) is 11.0 Å². The Hall–Kier alpha value is -2.93. The van der Waals surface area contributed by atoms with Crippen LogP contribution in [0.5, 0.6) is 0 Å². The number of sulfonamides is 1. The maximum atomic E-state index is 12.9. The third kappa shape index (κ3) is 2.90. The highest BCUT2D eigenvalue weighted by atomic mass is 32.2. The lowest BCUT2D eigenvalue weighted by Gasteiger charge is -2.21. The average molecular weight is 371 g/mol. The monoisotopic (exact) mass is 371 g/mol. The number of amides is 1. The second-order valence-corrected chi connectivity index (χ2v) is 7.66. The molecule has 0 bridgehead atoms. The van der Waals surface area contributed by atoms with E-state index in [-0.39, 0.29) is 16.4 Å². The number of anilines is 1. The summed E-state index contributed by atoms with van der Waals surface area (Å²) in [5.74, 6) is -0.401. The fourth-order valence-electron chi connectivity index (χ4n) is 2.96. The molecule has 0 saturated carbocycles. The van der Waals surface area contributed by atoms with Gasteiger partial charge in [0.05, 0.1) is 16.1 Å². The van der Waals surface area contributed by atoms with Crippen molar-refractivity contribution in [1.82, 2.24) is 0 Å². The third-order valence-electron chi connectivity index (χ3n) is 4.00. The van der Waals surface area contributed by atoms with Gasteiger partial charge >= 0.3 is 0 Å².